The molecule has 0 spiro atoms. The molecule has 2 rings (SSSR count). The van der Waals surface area contributed by atoms with E-state index < -0.39 is 5.97 Å². The molecule has 0 bridgehead atoms. The van der Waals surface area contributed by atoms with Gasteiger partial charge in [-0.15, -0.1) is 12.4 Å². The number of nitrogens with zero attached hydrogens (tertiary/aromatic N) is 1. The van der Waals surface area contributed by atoms with E-state index in [4.69, 9.17) is 14.9 Å². The number of likely N-dealkylation sites (tertiary alicyclic amines) is 1. The largest absolute Gasteiger partial charge is 0.460 e. The van der Waals surface area contributed by atoms with Gasteiger partial charge in [-0.1, -0.05) is 13.8 Å². The fourth-order valence-electron chi connectivity index (χ4n) is 2.62. The predicted octanol–water partition coefficient (Wildman–Crippen LogP) is 2.44. The van der Waals surface area contributed by atoms with Crippen LogP contribution in [-0.4, -0.2) is 36.6 Å². The van der Waals surface area contributed by atoms with E-state index in [1.54, 1.807) is 13.0 Å². The van der Waals surface area contributed by atoms with Crippen molar-refractivity contribution < 1.29 is 13.9 Å². The minimum Gasteiger partial charge on any atom is -0.460 e. The van der Waals surface area contributed by atoms with Gasteiger partial charge in [0.2, 0.25) is 5.76 Å². The number of nitrogens with two attached hydrogens (primary N) is 1. The molecule has 6 heteroatoms. The van der Waals surface area contributed by atoms with Crippen LogP contribution >= 0.6 is 12.4 Å². The van der Waals surface area contributed by atoms with Crippen LogP contribution in [0.2, 0.25) is 0 Å². The molecular weight excluding hydrogens is 292 g/mol. The Kier molecular flexibility index (Phi) is 6.25. The van der Waals surface area contributed by atoms with Gasteiger partial charge >= 0.3 is 5.97 Å². The van der Waals surface area contributed by atoms with Crippen molar-refractivity contribution in [2.75, 3.05) is 19.7 Å². The molecule has 5 nitrogen and oxygen atoms in total. The summed E-state index contributed by atoms with van der Waals surface area (Å²) in [5.74, 6) is 0.661. The number of halogens is 1. The van der Waals surface area contributed by atoms with Crippen LogP contribution in [0.3, 0.4) is 0 Å². The van der Waals surface area contributed by atoms with Gasteiger partial charge in [-0.3, -0.25) is 4.90 Å². The first-order valence-electron chi connectivity index (χ1n) is 7.16. The lowest BCUT2D eigenvalue weighted by atomic mass is 9.80. The number of hydrogen-bond acceptors (Lipinski definition) is 5. The van der Waals surface area contributed by atoms with Crippen LogP contribution in [0, 0.1) is 5.41 Å². The van der Waals surface area contributed by atoms with Crippen molar-refractivity contribution >= 4 is 18.4 Å². The second-order valence-electron chi connectivity index (χ2n) is 6.08. The van der Waals surface area contributed by atoms with Crippen molar-refractivity contribution in [3.05, 3.63) is 23.7 Å². The van der Waals surface area contributed by atoms with Gasteiger partial charge in [0.05, 0.1) is 13.2 Å². The van der Waals surface area contributed by atoms with Crippen molar-refractivity contribution in [3.63, 3.8) is 0 Å². The van der Waals surface area contributed by atoms with Crippen LogP contribution in [0.1, 0.15) is 43.5 Å². The standard InChI is InChI=1S/C15H24N2O3.ClH/c1-4-19-14(18)12-6-5-11(20-12)9-17-8-7-13(16)15(2,3)10-17;/h5-6,13H,4,7-10,16H2,1-3H3;1H. The molecule has 2 heterocycles. The monoisotopic (exact) mass is 316 g/mol. The van der Waals surface area contributed by atoms with Crippen molar-refractivity contribution in [2.45, 2.75) is 39.8 Å². The highest BCUT2D eigenvalue weighted by Crippen LogP contribution is 2.28. The molecule has 1 aromatic rings. The second-order valence-corrected chi connectivity index (χ2v) is 6.08. The maximum Gasteiger partial charge on any atom is 0.374 e. The van der Waals surface area contributed by atoms with Crippen LogP contribution < -0.4 is 5.73 Å². The summed E-state index contributed by atoms with van der Waals surface area (Å²) >= 11 is 0. The Morgan fingerprint density at radius 3 is 2.86 bits per heavy atom. The van der Waals surface area contributed by atoms with Gasteiger partial charge in [-0.25, -0.2) is 4.79 Å². The van der Waals surface area contributed by atoms with E-state index in [9.17, 15) is 4.79 Å². The molecule has 1 aliphatic rings. The normalized spacial score (nSPS) is 21.6. The van der Waals surface area contributed by atoms with Gasteiger partial charge in [-0.2, -0.15) is 0 Å². The van der Waals surface area contributed by atoms with Gasteiger partial charge in [-0.05, 0) is 30.9 Å². The zero-order valence-corrected chi connectivity index (χ0v) is 13.7. The summed E-state index contributed by atoms with van der Waals surface area (Å²) in [4.78, 5) is 13.9. The fourth-order valence-corrected chi connectivity index (χ4v) is 2.62. The van der Waals surface area contributed by atoms with E-state index in [0.717, 1.165) is 25.3 Å². The highest BCUT2D eigenvalue weighted by Gasteiger charge is 2.33. The minimum absolute atomic E-state index is 0. The number of carbonyl (C=O) groups is 1. The van der Waals surface area contributed by atoms with Gasteiger partial charge < -0.3 is 14.9 Å². The zero-order valence-electron chi connectivity index (χ0n) is 12.9. The van der Waals surface area contributed by atoms with Crippen LogP contribution in [0.25, 0.3) is 0 Å². The first-order chi connectivity index (χ1) is 9.42. The Labute approximate surface area is 132 Å². The molecule has 1 atom stereocenters. The van der Waals surface area contributed by atoms with Crippen molar-refractivity contribution in [2.24, 2.45) is 11.1 Å². The van der Waals surface area contributed by atoms with Gasteiger partial charge in [0.1, 0.15) is 5.76 Å². The molecule has 1 unspecified atom stereocenters. The van der Waals surface area contributed by atoms with Crippen molar-refractivity contribution in [1.82, 2.24) is 4.90 Å². The summed E-state index contributed by atoms with van der Waals surface area (Å²) in [5.41, 5.74) is 6.24. The topological polar surface area (TPSA) is 68.7 Å². The highest BCUT2D eigenvalue weighted by molar-refractivity contribution is 5.86. The third-order valence-electron chi connectivity index (χ3n) is 3.91. The third kappa shape index (κ3) is 4.46. The van der Waals surface area contributed by atoms with E-state index in [1.807, 2.05) is 6.07 Å². The first kappa shape index (κ1) is 18.0. The number of furan rings is 1. The number of esters is 1. The molecule has 0 aromatic carbocycles. The lowest BCUT2D eigenvalue weighted by molar-refractivity contribution is 0.0480. The number of hydrogen-bond donors (Lipinski definition) is 1. The SMILES string of the molecule is CCOC(=O)c1ccc(CN2CCC(N)C(C)(C)C2)o1.Cl. The summed E-state index contributed by atoms with van der Waals surface area (Å²) < 4.78 is 10.5. The van der Waals surface area contributed by atoms with Crippen LogP contribution in [0.15, 0.2) is 16.5 Å². The molecule has 0 amide bonds. The molecule has 1 saturated heterocycles. The van der Waals surface area contributed by atoms with Crippen LogP contribution in [0.4, 0.5) is 0 Å². The quantitative estimate of drug-likeness (QED) is 0.864. The van der Waals surface area contributed by atoms with Crippen LogP contribution in [0.5, 0.6) is 0 Å². The Morgan fingerprint density at radius 1 is 1.52 bits per heavy atom. The molecule has 0 aliphatic carbocycles. The summed E-state index contributed by atoms with van der Waals surface area (Å²) in [6.45, 7) is 9.11. The predicted molar refractivity (Wildman–Crippen MR) is 83.6 cm³/mol. The third-order valence-corrected chi connectivity index (χ3v) is 3.91. The zero-order chi connectivity index (χ0) is 14.8. The summed E-state index contributed by atoms with van der Waals surface area (Å²) in [5, 5.41) is 0. The lowest BCUT2D eigenvalue weighted by Gasteiger charge is -2.42. The minimum atomic E-state index is -0.403. The average Bonchev–Trinajstić information content (AvgIpc) is 2.82. The summed E-state index contributed by atoms with van der Waals surface area (Å²) in [6.07, 6.45) is 0.985. The van der Waals surface area contributed by atoms with Gasteiger partial charge in [0.15, 0.2) is 0 Å². The lowest BCUT2D eigenvalue weighted by Crippen LogP contribution is -2.51. The summed E-state index contributed by atoms with van der Waals surface area (Å²) in [7, 11) is 0. The molecule has 120 valence electrons. The molecule has 1 aliphatic heterocycles. The number of carbonyl (C=O) groups excluding carboxylic acids is 1. The maximum atomic E-state index is 11.6. The second kappa shape index (κ2) is 7.29. The molecule has 2 N–H and O–H groups in total. The Morgan fingerprint density at radius 2 is 2.24 bits per heavy atom. The average molecular weight is 317 g/mol. The molecule has 0 radical (unpaired) electrons. The Balaban J connectivity index is 0.00000220. The number of rotatable bonds is 4. The van der Waals surface area contributed by atoms with E-state index in [0.29, 0.717) is 13.2 Å². The van der Waals surface area contributed by atoms with Crippen molar-refractivity contribution in [3.8, 4) is 0 Å². The van der Waals surface area contributed by atoms with Gasteiger partial charge in [0, 0.05) is 19.1 Å². The maximum absolute atomic E-state index is 11.6. The van der Waals surface area contributed by atoms with Gasteiger partial charge in [0.25, 0.3) is 0 Å². The van der Waals surface area contributed by atoms with E-state index in [1.165, 1.54) is 0 Å². The molecular formula is C15H25ClN2O3. The Hall–Kier alpha value is -1.04. The first-order valence-corrected chi connectivity index (χ1v) is 7.16. The molecule has 1 aromatic heterocycles. The molecule has 1 fully saturated rings. The summed E-state index contributed by atoms with van der Waals surface area (Å²) in [6, 6.07) is 3.76. The van der Waals surface area contributed by atoms with Crippen LogP contribution in [-0.2, 0) is 11.3 Å². The number of ether oxygens (including phenoxy) is 1. The smallest absolute Gasteiger partial charge is 0.374 e. The van der Waals surface area contributed by atoms with E-state index >= 15 is 0 Å². The Bertz CT molecular complexity index is 473. The molecule has 21 heavy (non-hydrogen) atoms. The highest BCUT2D eigenvalue weighted by atomic mass is 35.5. The molecule has 0 saturated carbocycles. The van der Waals surface area contributed by atoms with E-state index in [-0.39, 0.29) is 29.6 Å². The number of piperidine rings is 1. The van der Waals surface area contributed by atoms with E-state index in [2.05, 4.69) is 18.7 Å². The fraction of sp³-hybridized carbons (Fsp3) is 0.667. The van der Waals surface area contributed by atoms with Crippen molar-refractivity contribution in [1.29, 1.82) is 0 Å².